The molecule has 14 heavy (non-hydrogen) atoms. The van der Waals surface area contributed by atoms with Crippen molar-refractivity contribution in [2.45, 2.75) is 0 Å². The summed E-state index contributed by atoms with van der Waals surface area (Å²) in [6.07, 6.45) is 4.95. The Kier molecular flexibility index (Phi) is 2.82. The number of benzene rings is 1. The Hall–Kier alpha value is -1.89. The fourth-order valence-electron chi connectivity index (χ4n) is 0.926. The third-order valence-electron chi connectivity index (χ3n) is 1.62. The standard InChI is InChI=1S/C10H6F2O2/c1-3-6-4-7(10(13)14-2)9(12)5-8(6)11/h1,4-5H,2H3. The SMILES string of the molecule is C#Cc1cc(C(=O)OC)c(F)cc1F. The first-order valence-corrected chi connectivity index (χ1v) is 3.64. The van der Waals surface area contributed by atoms with Crippen LogP contribution >= 0.6 is 0 Å². The summed E-state index contributed by atoms with van der Waals surface area (Å²) in [5.41, 5.74) is -0.548. The molecule has 0 saturated heterocycles. The number of esters is 1. The van der Waals surface area contributed by atoms with Gasteiger partial charge in [0.2, 0.25) is 0 Å². The monoisotopic (exact) mass is 196 g/mol. The van der Waals surface area contributed by atoms with Gasteiger partial charge in [-0.25, -0.2) is 13.6 Å². The van der Waals surface area contributed by atoms with E-state index in [2.05, 4.69) is 4.74 Å². The molecule has 0 fully saturated rings. The van der Waals surface area contributed by atoms with Crippen LogP contribution in [-0.4, -0.2) is 13.1 Å². The van der Waals surface area contributed by atoms with Gasteiger partial charge in [0.25, 0.3) is 0 Å². The highest BCUT2D eigenvalue weighted by Gasteiger charge is 2.15. The Morgan fingerprint density at radius 2 is 2.07 bits per heavy atom. The van der Waals surface area contributed by atoms with Crippen molar-refractivity contribution < 1.29 is 18.3 Å². The molecular weight excluding hydrogens is 190 g/mol. The minimum absolute atomic E-state index is 0.174. The van der Waals surface area contributed by atoms with Gasteiger partial charge in [-0.15, -0.1) is 6.42 Å². The van der Waals surface area contributed by atoms with E-state index in [4.69, 9.17) is 6.42 Å². The maximum Gasteiger partial charge on any atom is 0.340 e. The van der Waals surface area contributed by atoms with E-state index >= 15 is 0 Å². The highest BCUT2D eigenvalue weighted by Crippen LogP contribution is 2.14. The molecule has 0 spiro atoms. The van der Waals surface area contributed by atoms with Crippen molar-refractivity contribution in [3.63, 3.8) is 0 Å². The minimum atomic E-state index is -0.992. The number of carbonyl (C=O) groups excluding carboxylic acids is 1. The first-order valence-electron chi connectivity index (χ1n) is 3.64. The maximum absolute atomic E-state index is 13.0. The highest BCUT2D eigenvalue weighted by atomic mass is 19.1. The smallest absolute Gasteiger partial charge is 0.340 e. The van der Waals surface area contributed by atoms with Gasteiger partial charge < -0.3 is 4.74 Å². The molecule has 0 radical (unpaired) electrons. The van der Waals surface area contributed by atoms with E-state index in [0.717, 1.165) is 13.2 Å². The molecule has 72 valence electrons. The van der Waals surface area contributed by atoms with E-state index < -0.39 is 17.6 Å². The second-order valence-electron chi connectivity index (χ2n) is 2.45. The van der Waals surface area contributed by atoms with Crippen LogP contribution in [0.25, 0.3) is 0 Å². The summed E-state index contributed by atoms with van der Waals surface area (Å²) in [4.78, 5) is 11.0. The summed E-state index contributed by atoms with van der Waals surface area (Å²) in [5.74, 6) is -0.767. The number of halogens is 2. The molecule has 0 aromatic heterocycles. The number of ether oxygens (including phenoxy) is 1. The highest BCUT2D eigenvalue weighted by molar-refractivity contribution is 5.90. The van der Waals surface area contributed by atoms with E-state index in [1.54, 1.807) is 0 Å². The molecule has 0 amide bonds. The molecule has 4 heteroatoms. The quantitative estimate of drug-likeness (QED) is 0.505. The van der Waals surface area contributed by atoms with Gasteiger partial charge >= 0.3 is 5.97 Å². The summed E-state index contributed by atoms with van der Waals surface area (Å²) in [6.45, 7) is 0. The van der Waals surface area contributed by atoms with Crippen molar-refractivity contribution in [3.05, 3.63) is 34.9 Å². The predicted molar refractivity (Wildman–Crippen MR) is 45.6 cm³/mol. The molecule has 0 aliphatic carbocycles. The molecule has 1 rings (SSSR count). The summed E-state index contributed by atoms with van der Waals surface area (Å²) in [6, 6.07) is 1.50. The number of carbonyl (C=O) groups is 1. The zero-order valence-electron chi connectivity index (χ0n) is 7.30. The zero-order valence-corrected chi connectivity index (χ0v) is 7.30. The van der Waals surface area contributed by atoms with E-state index in [0.29, 0.717) is 6.07 Å². The van der Waals surface area contributed by atoms with Crippen LogP contribution in [0.2, 0.25) is 0 Å². The molecule has 2 nitrogen and oxygen atoms in total. The van der Waals surface area contributed by atoms with Crippen LogP contribution in [0.4, 0.5) is 8.78 Å². The van der Waals surface area contributed by atoms with Gasteiger partial charge in [-0.2, -0.15) is 0 Å². The lowest BCUT2D eigenvalue weighted by molar-refractivity contribution is 0.0595. The van der Waals surface area contributed by atoms with Gasteiger partial charge in [-0.1, -0.05) is 5.92 Å². The van der Waals surface area contributed by atoms with Crippen molar-refractivity contribution in [1.29, 1.82) is 0 Å². The summed E-state index contributed by atoms with van der Waals surface area (Å²) < 4.78 is 30.1. The first-order chi connectivity index (χ1) is 6.60. The van der Waals surface area contributed by atoms with E-state index in [1.165, 1.54) is 0 Å². The number of terminal acetylenes is 1. The fourth-order valence-corrected chi connectivity index (χ4v) is 0.926. The number of methoxy groups -OCH3 is 1. The third-order valence-corrected chi connectivity index (χ3v) is 1.62. The Balaban J connectivity index is 3.33. The lowest BCUT2D eigenvalue weighted by Crippen LogP contribution is -2.06. The molecule has 0 unspecified atom stereocenters. The third kappa shape index (κ3) is 1.72. The fraction of sp³-hybridized carbons (Fsp3) is 0.100. The van der Waals surface area contributed by atoms with Crippen LogP contribution in [0, 0.1) is 24.0 Å². The Morgan fingerprint density at radius 3 is 2.57 bits per heavy atom. The Morgan fingerprint density at radius 1 is 1.43 bits per heavy atom. The van der Waals surface area contributed by atoms with Crippen molar-refractivity contribution in [2.24, 2.45) is 0 Å². The molecule has 0 aliphatic heterocycles. The lowest BCUT2D eigenvalue weighted by atomic mass is 10.1. The van der Waals surface area contributed by atoms with Crippen molar-refractivity contribution >= 4 is 5.97 Å². The zero-order chi connectivity index (χ0) is 10.7. The van der Waals surface area contributed by atoms with Crippen molar-refractivity contribution in [3.8, 4) is 12.3 Å². The van der Waals surface area contributed by atoms with E-state index in [9.17, 15) is 13.6 Å². The van der Waals surface area contributed by atoms with Crippen LogP contribution in [-0.2, 0) is 4.74 Å². The van der Waals surface area contributed by atoms with Crippen LogP contribution in [0.1, 0.15) is 15.9 Å². The second kappa shape index (κ2) is 3.88. The maximum atomic E-state index is 13.0. The van der Waals surface area contributed by atoms with Crippen molar-refractivity contribution in [2.75, 3.05) is 7.11 Å². The molecule has 1 aromatic carbocycles. The summed E-state index contributed by atoms with van der Waals surface area (Å²) in [5, 5.41) is 0. The average Bonchev–Trinajstić information content (AvgIpc) is 2.17. The molecule has 0 atom stereocenters. The molecule has 0 aliphatic rings. The van der Waals surface area contributed by atoms with Crippen LogP contribution < -0.4 is 0 Å². The van der Waals surface area contributed by atoms with Gasteiger partial charge in [0.1, 0.15) is 11.6 Å². The van der Waals surface area contributed by atoms with Crippen molar-refractivity contribution in [1.82, 2.24) is 0 Å². The number of rotatable bonds is 1. The second-order valence-corrected chi connectivity index (χ2v) is 2.45. The van der Waals surface area contributed by atoms with E-state index in [-0.39, 0.29) is 11.1 Å². The molecule has 0 bridgehead atoms. The topological polar surface area (TPSA) is 26.3 Å². The summed E-state index contributed by atoms with van der Waals surface area (Å²) >= 11 is 0. The average molecular weight is 196 g/mol. The minimum Gasteiger partial charge on any atom is -0.465 e. The van der Waals surface area contributed by atoms with Gasteiger partial charge in [-0.05, 0) is 6.07 Å². The Bertz CT molecular complexity index is 419. The number of hydrogen-bond acceptors (Lipinski definition) is 2. The van der Waals surface area contributed by atoms with E-state index in [1.807, 2.05) is 5.92 Å². The number of hydrogen-bond donors (Lipinski definition) is 0. The molecule has 0 heterocycles. The van der Waals surface area contributed by atoms with Gasteiger partial charge in [0.15, 0.2) is 0 Å². The predicted octanol–water partition coefficient (Wildman–Crippen LogP) is 1.73. The normalized spacial score (nSPS) is 9.29. The van der Waals surface area contributed by atoms with Gasteiger partial charge in [0, 0.05) is 6.07 Å². The van der Waals surface area contributed by atoms with Gasteiger partial charge in [0.05, 0.1) is 18.2 Å². The van der Waals surface area contributed by atoms with Crippen LogP contribution in [0.3, 0.4) is 0 Å². The largest absolute Gasteiger partial charge is 0.465 e. The molecule has 0 saturated carbocycles. The molecular formula is C10H6F2O2. The molecule has 0 N–H and O–H groups in total. The lowest BCUT2D eigenvalue weighted by Gasteiger charge is -2.02. The van der Waals surface area contributed by atoms with Crippen LogP contribution in [0.5, 0.6) is 0 Å². The Labute approximate surface area is 79.5 Å². The van der Waals surface area contributed by atoms with Crippen LogP contribution in [0.15, 0.2) is 12.1 Å². The summed E-state index contributed by atoms with van der Waals surface area (Å²) in [7, 11) is 1.10. The first kappa shape index (κ1) is 10.2. The van der Waals surface area contributed by atoms with Gasteiger partial charge in [-0.3, -0.25) is 0 Å². The molecule has 1 aromatic rings.